The van der Waals surface area contributed by atoms with Crippen LogP contribution >= 0.6 is 34.5 Å². The maximum Gasteiger partial charge on any atom is 0.253 e. The standard InChI is InChI=1S/C15H14Cl2N2O3S2/c16-13-9-11(14(17)23-13)15(20)18-6-8-24(21,22)19-7-5-10-3-1-2-4-12(10)19/h1-4,9H,5-8H2,(H,18,20). The minimum atomic E-state index is -3.49. The molecule has 128 valence electrons. The lowest BCUT2D eigenvalue weighted by atomic mass is 10.2. The first kappa shape index (κ1) is 17.5. The largest absolute Gasteiger partial charge is 0.351 e. The van der Waals surface area contributed by atoms with Crippen molar-refractivity contribution in [3.05, 3.63) is 50.1 Å². The molecule has 0 aliphatic carbocycles. The number of anilines is 1. The SMILES string of the molecule is O=C(NCCS(=O)(=O)N1CCc2ccccc21)c1cc(Cl)sc1Cl. The summed E-state index contributed by atoms with van der Waals surface area (Å²) in [5.74, 6) is -0.608. The molecule has 1 amide bonds. The van der Waals surface area contributed by atoms with Gasteiger partial charge in [-0.25, -0.2) is 8.42 Å². The van der Waals surface area contributed by atoms with Gasteiger partial charge in [0.1, 0.15) is 4.34 Å². The van der Waals surface area contributed by atoms with E-state index in [0.717, 1.165) is 22.6 Å². The lowest BCUT2D eigenvalue weighted by Crippen LogP contribution is -2.36. The van der Waals surface area contributed by atoms with Gasteiger partial charge in [-0.3, -0.25) is 9.10 Å². The zero-order valence-electron chi connectivity index (χ0n) is 12.5. The van der Waals surface area contributed by atoms with Crippen LogP contribution < -0.4 is 9.62 Å². The van der Waals surface area contributed by atoms with Gasteiger partial charge in [0.05, 0.1) is 21.3 Å². The van der Waals surface area contributed by atoms with E-state index in [2.05, 4.69) is 5.32 Å². The van der Waals surface area contributed by atoms with E-state index in [4.69, 9.17) is 23.2 Å². The number of amides is 1. The van der Waals surface area contributed by atoms with Gasteiger partial charge < -0.3 is 5.32 Å². The van der Waals surface area contributed by atoms with Gasteiger partial charge in [0.2, 0.25) is 10.0 Å². The van der Waals surface area contributed by atoms with Gasteiger partial charge in [-0.2, -0.15) is 0 Å². The predicted molar refractivity (Wildman–Crippen MR) is 98.0 cm³/mol. The Morgan fingerprint density at radius 2 is 2.04 bits per heavy atom. The molecule has 0 saturated heterocycles. The number of hydrogen-bond donors (Lipinski definition) is 1. The minimum absolute atomic E-state index is 0.00360. The first-order valence-corrected chi connectivity index (χ1v) is 10.4. The van der Waals surface area contributed by atoms with E-state index in [-0.39, 0.29) is 22.2 Å². The van der Waals surface area contributed by atoms with Gasteiger partial charge in [0.25, 0.3) is 5.91 Å². The lowest BCUT2D eigenvalue weighted by Gasteiger charge is -2.19. The van der Waals surface area contributed by atoms with Crippen LogP contribution in [0.15, 0.2) is 30.3 Å². The zero-order valence-corrected chi connectivity index (χ0v) is 15.6. The third-order valence-electron chi connectivity index (χ3n) is 3.73. The van der Waals surface area contributed by atoms with Crippen molar-refractivity contribution in [2.75, 3.05) is 23.1 Å². The first-order valence-electron chi connectivity index (χ1n) is 7.20. The first-order chi connectivity index (χ1) is 11.4. The van der Waals surface area contributed by atoms with E-state index in [1.54, 1.807) is 6.07 Å². The van der Waals surface area contributed by atoms with Crippen LogP contribution in [-0.2, 0) is 16.4 Å². The summed E-state index contributed by atoms with van der Waals surface area (Å²) < 4.78 is 27.1. The van der Waals surface area contributed by atoms with Crippen molar-refractivity contribution in [1.29, 1.82) is 0 Å². The van der Waals surface area contributed by atoms with E-state index in [1.165, 1.54) is 10.4 Å². The summed E-state index contributed by atoms with van der Waals surface area (Å²) in [4.78, 5) is 12.0. The van der Waals surface area contributed by atoms with Crippen molar-refractivity contribution in [2.45, 2.75) is 6.42 Å². The number of nitrogens with one attached hydrogen (secondary N) is 1. The minimum Gasteiger partial charge on any atom is -0.351 e. The molecule has 0 bridgehead atoms. The Bertz CT molecular complexity index is 881. The van der Waals surface area contributed by atoms with Crippen LogP contribution in [-0.4, -0.2) is 33.2 Å². The van der Waals surface area contributed by atoms with Crippen LogP contribution in [0.25, 0.3) is 0 Å². The Balaban J connectivity index is 1.62. The third-order valence-corrected chi connectivity index (χ3v) is 6.99. The molecule has 5 nitrogen and oxygen atoms in total. The predicted octanol–water partition coefficient (Wildman–Crippen LogP) is 3.18. The van der Waals surface area contributed by atoms with E-state index < -0.39 is 15.9 Å². The van der Waals surface area contributed by atoms with Crippen LogP contribution in [0.1, 0.15) is 15.9 Å². The van der Waals surface area contributed by atoms with Crippen molar-refractivity contribution < 1.29 is 13.2 Å². The molecule has 1 aromatic heterocycles. The summed E-state index contributed by atoms with van der Waals surface area (Å²) >= 11 is 12.8. The smallest absolute Gasteiger partial charge is 0.253 e. The number of carbonyl (C=O) groups excluding carboxylic acids is 1. The van der Waals surface area contributed by atoms with Gasteiger partial charge in [-0.05, 0) is 24.1 Å². The molecule has 0 fully saturated rings. The highest BCUT2D eigenvalue weighted by Crippen LogP contribution is 2.31. The summed E-state index contributed by atoms with van der Waals surface area (Å²) in [6, 6.07) is 8.90. The Morgan fingerprint density at radius 1 is 1.29 bits per heavy atom. The number of thiophene rings is 1. The molecule has 0 atom stereocenters. The highest BCUT2D eigenvalue weighted by Gasteiger charge is 2.28. The average Bonchev–Trinajstić information content (AvgIpc) is 3.10. The van der Waals surface area contributed by atoms with E-state index >= 15 is 0 Å². The molecular weight excluding hydrogens is 391 g/mol. The number of rotatable bonds is 5. The molecule has 9 heteroatoms. The highest BCUT2D eigenvalue weighted by atomic mass is 35.5. The average molecular weight is 405 g/mol. The molecule has 1 aliphatic heterocycles. The number of halogens is 2. The molecule has 3 rings (SSSR count). The van der Waals surface area contributed by atoms with Crippen molar-refractivity contribution in [2.24, 2.45) is 0 Å². The fourth-order valence-corrected chi connectivity index (χ4v) is 5.48. The molecule has 1 N–H and O–H groups in total. The van der Waals surface area contributed by atoms with Crippen LogP contribution in [0.2, 0.25) is 8.67 Å². The van der Waals surface area contributed by atoms with E-state index in [1.807, 2.05) is 18.2 Å². The summed E-state index contributed by atoms with van der Waals surface area (Å²) in [5, 5.41) is 2.58. The second-order valence-corrected chi connectivity index (χ2v) is 9.56. The lowest BCUT2D eigenvalue weighted by molar-refractivity contribution is 0.0956. The molecule has 0 unspecified atom stereocenters. The maximum absolute atomic E-state index is 12.5. The topological polar surface area (TPSA) is 66.5 Å². The van der Waals surface area contributed by atoms with Crippen LogP contribution in [0.3, 0.4) is 0 Å². The van der Waals surface area contributed by atoms with E-state index in [0.29, 0.717) is 17.3 Å². The summed E-state index contributed by atoms with van der Waals surface area (Å²) in [7, 11) is -3.49. The van der Waals surface area contributed by atoms with Gasteiger partial charge in [-0.15, -0.1) is 11.3 Å². The van der Waals surface area contributed by atoms with Crippen LogP contribution in [0.4, 0.5) is 5.69 Å². The second kappa shape index (κ2) is 6.92. The maximum atomic E-state index is 12.5. The number of fused-ring (bicyclic) bond motifs is 1. The third kappa shape index (κ3) is 3.54. The fourth-order valence-electron chi connectivity index (χ4n) is 2.59. The summed E-state index contributed by atoms with van der Waals surface area (Å²) in [6.07, 6.45) is 0.699. The Kier molecular flexibility index (Phi) is 5.05. The molecule has 0 spiro atoms. The second-order valence-electron chi connectivity index (χ2n) is 5.26. The molecule has 2 heterocycles. The molecule has 2 aromatic rings. The summed E-state index contributed by atoms with van der Waals surface area (Å²) in [6.45, 7) is 0.436. The summed E-state index contributed by atoms with van der Waals surface area (Å²) in [5.41, 5.74) is 2.00. The number of carbonyl (C=O) groups is 1. The monoisotopic (exact) mass is 404 g/mol. The molecule has 0 saturated carbocycles. The van der Waals surface area contributed by atoms with Gasteiger partial charge in [0.15, 0.2) is 0 Å². The molecule has 1 aliphatic rings. The molecule has 0 radical (unpaired) electrons. The Hall–Kier alpha value is -1.28. The van der Waals surface area contributed by atoms with Crippen molar-refractivity contribution in [3.8, 4) is 0 Å². The van der Waals surface area contributed by atoms with Crippen LogP contribution in [0, 0.1) is 0 Å². The zero-order chi connectivity index (χ0) is 17.3. The van der Waals surface area contributed by atoms with Gasteiger partial charge in [-0.1, -0.05) is 41.4 Å². The number of nitrogens with zero attached hydrogens (tertiary/aromatic N) is 1. The number of hydrogen-bond acceptors (Lipinski definition) is 4. The Labute approximate surface area is 154 Å². The molecular formula is C15H14Cl2N2O3S2. The number of benzene rings is 1. The highest BCUT2D eigenvalue weighted by molar-refractivity contribution is 7.92. The van der Waals surface area contributed by atoms with Crippen molar-refractivity contribution >= 4 is 56.2 Å². The quantitative estimate of drug-likeness (QED) is 0.831. The molecule has 24 heavy (non-hydrogen) atoms. The number of para-hydroxylation sites is 1. The van der Waals surface area contributed by atoms with Crippen molar-refractivity contribution in [3.63, 3.8) is 0 Å². The van der Waals surface area contributed by atoms with Crippen molar-refractivity contribution in [1.82, 2.24) is 5.32 Å². The van der Waals surface area contributed by atoms with Gasteiger partial charge >= 0.3 is 0 Å². The van der Waals surface area contributed by atoms with Crippen LogP contribution in [0.5, 0.6) is 0 Å². The fraction of sp³-hybridized carbons (Fsp3) is 0.267. The Morgan fingerprint density at radius 3 is 2.75 bits per heavy atom. The van der Waals surface area contributed by atoms with E-state index in [9.17, 15) is 13.2 Å². The number of sulfonamides is 1. The molecule has 1 aromatic carbocycles. The van der Waals surface area contributed by atoms with Gasteiger partial charge in [0, 0.05) is 13.1 Å². The normalized spacial score (nSPS) is 13.8.